The van der Waals surface area contributed by atoms with Crippen molar-refractivity contribution in [2.45, 2.75) is 32.6 Å². The summed E-state index contributed by atoms with van der Waals surface area (Å²) in [5.74, 6) is -1.37. The zero-order chi connectivity index (χ0) is 10.8. The van der Waals surface area contributed by atoms with Crippen LogP contribution in [0.4, 0.5) is 0 Å². The second-order valence-electron chi connectivity index (χ2n) is 3.24. The van der Waals surface area contributed by atoms with Crippen LogP contribution in [-0.2, 0) is 9.53 Å². The summed E-state index contributed by atoms with van der Waals surface area (Å²) in [7, 11) is 0. The Balaban J connectivity index is 3.14. The van der Waals surface area contributed by atoms with E-state index in [1.54, 1.807) is 6.92 Å². The van der Waals surface area contributed by atoms with E-state index in [2.05, 4.69) is 0 Å². The highest BCUT2D eigenvalue weighted by atomic mass is 16.5. The highest BCUT2D eigenvalue weighted by Crippen LogP contribution is 2.06. The molecule has 0 fully saturated rings. The fraction of sp³-hybridized carbons (Fsp3) is 0.800. The Bertz CT molecular complexity index is 198. The summed E-state index contributed by atoms with van der Waals surface area (Å²) in [5.41, 5.74) is 0. The molecule has 0 aliphatic rings. The number of carboxylic acid groups (broad SMARTS) is 1. The van der Waals surface area contributed by atoms with Crippen molar-refractivity contribution in [2.75, 3.05) is 13.2 Å². The Labute approximate surface area is 84.5 Å². The Hall–Kier alpha value is -1.08. The second-order valence-corrected chi connectivity index (χ2v) is 3.24. The first-order valence-corrected chi connectivity index (χ1v) is 4.84. The molecule has 0 heterocycles. The van der Waals surface area contributed by atoms with Crippen molar-refractivity contribution in [3.63, 3.8) is 0 Å². The number of nitrogens with zero attached hydrogens (tertiary/aromatic N) is 1. The van der Waals surface area contributed by atoms with Crippen molar-refractivity contribution >= 4 is 5.97 Å². The summed E-state index contributed by atoms with van der Waals surface area (Å²) >= 11 is 0. The normalized spacial score (nSPS) is 12.0. The number of hydrogen-bond acceptors (Lipinski definition) is 4. The van der Waals surface area contributed by atoms with Crippen LogP contribution in [0.25, 0.3) is 0 Å². The van der Waals surface area contributed by atoms with Crippen molar-refractivity contribution in [3.05, 3.63) is 0 Å². The van der Waals surface area contributed by atoms with Gasteiger partial charge in [0, 0.05) is 12.6 Å². The predicted molar refractivity (Wildman–Crippen MR) is 49.1 cm³/mol. The number of unbranched alkanes of at least 4 members (excludes halogenated alkanes) is 1. The molecule has 0 amide bonds. The fourth-order valence-corrected chi connectivity index (χ4v) is 0.992. The SMILES string of the molecule is CC(CCCCOCCC#N)C(=O)[O-]. The standard InChI is InChI=1S/C10H17NO3/c1-9(10(12)13)5-2-3-7-14-8-4-6-11/h9H,2-5,7-8H2,1H3,(H,12,13)/p-1. The van der Waals surface area contributed by atoms with Gasteiger partial charge >= 0.3 is 0 Å². The van der Waals surface area contributed by atoms with E-state index in [4.69, 9.17) is 10.00 Å². The first-order valence-electron chi connectivity index (χ1n) is 4.84. The van der Waals surface area contributed by atoms with Crippen molar-refractivity contribution in [2.24, 2.45) is 5.92 Å². The minimum Gasteiger partial charge on any atom is -0.550 e. The number of carbonyl (C=O) groups is 1. The van der Waals surface area contributed by atoms with E-state index in [1.165, 1.54) is 0 Å². The minimum atomic E-state index is -0.990. The number of carboxylic acids is 1. The van der Waals surface area contributed by atoms with E-state index < -0.39 is 5.97 Å². The summed E-state index contributed by atoms with van der Waals surface area (Å²) in [6, 6.07) is 1.98. The highest BCUT2D eigenvalue weighted by Gasteiger charge is 2.01. The molecule has 0 saturated heterocycles. The third-order valence-corrected chi connectivity index (χ3v) is 1.94. The van der Waals surface area contributed by atoms with Crippen LogP contribution in [0.2, 0.25) is 0 Å². The van der Waals surface area contributed by atoms with Gasteiger partial charge < -0.3 is 14.6 Å². The quantitative estimate of drug-likeness (QED) is 0.531. The summed E-state index contributed by atoms with van der Waals surface area (Å²) in [5, 5.41) is 18.5. The van der Waals surface area contributed by atoms with E-state index in [9.17, 15) is 9.90 Å². The van der Waals surface area contributed by atoms with Crippen molar-refractivity contribution in [1.82, 2.24) is 0 Å². The maximum absolute atomic E-state index is 10.3. The maximum atomic E-state index is 10.3. The summed E-state index contributed by atoms with van der Waals surface area (Å²) < 4.78 is 5.13. The molecular formula is C10H16NO3-. The molecule has 14 heavy (non-hydrogen) atoms. The van der Waals surface area contributed by atoms with Crippen molar-refractivity contribution in [3.8, 4) is 6.07 Å². The van der Waals surface area contributed by atoms with Gasteiger partial charge in [0.05, 0.1) is 19.1 Å². The van der Waals surface area contributed by atoms with Gasteiger partial charge in [0.15, 0.2) is 0 Å². The molecule has 0 aliphatic carbocycles. The third-order valence-electron chi connectivity index (χ3n) is 1.94. The predicted octanol–water partition coefficient (Wildman–Crippen LogP) is 0.473. The molecule has 4 nitrogen and oxygen atoms in total. The topological polar surface area (TPSA) is 73.1 Å². The third kappa shape index (κ3) is 7.56. The van der Waals surface area contributed by atoms with Crippen LogP contribution < -0.4 is 5.11 Å². The van der Waals surface area contributed by atoms with E-state index in [0.29, 0.717) is 26.1 Å². The van der Waals surface area contributed by atoms with E-state index in [-0.39, 0.29) is 5.92 Å². The molecule has 0 rings (SSSR count). The highest BCUT2D eigenvalue weighted by molar-refractivity contribution is 5.66. The van der Waals surface area contributed by atoms with Crippen molar-refractivity contribution < 1.29 is 14.6 Å². The maximum Gasteiger partial charge on any atom is 0.0645 e. The van der Waals surface area contributed by atoms with Crippen LogP contribution in [0, 0.1) is 17.2 Å². The average molecular weight is 198 g/mol. The summed E-state index contributed by atoms with van der Waals surface area (Å²) in [6.45, 7) is 2.71. The van der Waals surface area contributed by atoms with Gasteiger partial charge in [-0.1, -0.05) is 13.3 Å². The molecule has 4 heteroatoms. The van der Waals surface area contributed by atoms with Crippen LogP contribution in [0.1, 0.15) is 32.6 Å². The van der Waals surface area contributed by atoms with E-state index in [1.807, 2.05) is 6.07 Å². The van der Waals surface area contributed by atoms with E-state index in [0.717, 1.165) is 12.8 Å². The molecule has 1 unspecified atom stereocenters. The molecule has 0 N–H and O–H groups in total. The second kappa shape index (κ2) is 8.52. The fourth-order valence-electron chi connectivity index (χ4n) is 0.992. The van der Waals surface area contributed by atoms with E-state index >= 15 is 0 Å². The molecule has 0 spiro atoms. The molecule has 1 atom stereocenters. The lowest BCUT2D eigenvalue weighted by Crippen LogP contribution is -2.29. The Morgan fingerprint density at radius 1 is 1.50 bits per heavy atom. The minimum absolute atomic E-state index is 0.380. The Morgan fingerprint density at radius 2 is 2.21 bits per heavy atom. The molecule has 0 radical (unpaired) electrons. The smallest absolute Gasteiger partial charge is 0.0645 e. The summed E-state index contributed by atoms with van der Waals surface area (Å²) in [6.07, 6.45) is 2.70. The number of rotatable bonds is 8. The molecule has 0 aromatic carbocycles. The van der Waals surface area contributed by atoms with Crippen LogP contribution >= 0.6 is 0 Å². The average Bonchev–Trinajstić information content (AvgIpc) is 2.16. The molecule has 0 saturated carbocycles. The van der Waals surface area contributed by atoms with Gasteiger partial charge in [-0.3, -0.25) is 0 Å². The Morgan fingerprint density at radius 3 is 2.79 bits per heavy atom. The van der Waals surface area contributed by atoms with Gasteiger partial charge in [-0.2, -0.15) is 5.26 Å². The zero-order valence-electron chi connectivity index (χ0n) is 8.49. The lowest BCUT2D eigenvalue weighted by atomic mass is 10.1. The number of nitriles is 1. The lowest BCUT2D eigenvalue weighted by molar-refractivity contribution is -0.311. The number of aliphatic carboxylic acids is 1. The van der Waals surface area contributed by atoms with Gasteiger partial charge in [-0.25, -0.2) is 0 Å². The molecule has 0 aromatic heterocycles. The Kier molecular flexibility index (Phi) is 7.86. The zero-order valence-corrected chi connectivity index (χ0v) is 8.49. The van der Waals surface area contributed by atoms with Gasteiger partial charge in [0.25, 0.3) is 0 Å². The molecule has 0 bridgehead atoms. The van der Waals surface area contributed by atoms with Gasteiger partial charge in [0.1, 0.15) is 0 Å². The largest absolute Gasteiger partial charge is 0.550 e. The number of carbonyl (C=O) groups excluding carboxylic acids is 1. The molecule has 80 valence electrons. The summed E-state index contributed by atoms with van der Waals surface area (Å²) in [4.78, 5) is 10.3. The van der Waals surface area contributed by atoms with Crippen LogP contribution in [0.3, 0.4) is 0 Å². The first-order chi connectivity index (χ1) is 6.68. The van der Waals surface area contributed by atoms with Crippen LogP contribution in [-0.4, -0.2) is 19.2 Å². The molecule has 0 aliphatic heterocycles. The lowest BCUT2D eigenvalue weighted by Gasteiger charge is -2.11. The van der Waals surface area contributed by atoms with Crippen LogP contribution in [0.5, 0.6) is 0 Å². The van der Waals surface area contributed by atoms with Crippen LogP contribution in [0.15, 0.2) is 0 Å². The van der Waals surface area contributed by atoms with Gasteiger partial charge in [-0.05, 0) is 18.8 Å². The number of hydrogen-bond donors (Lipinski definition) is 0. The van der Waals surface area contributed by atoms with Crippen molar-refractivity contribution in [1.29, 1.82) is 5.26 Å². The first kappa shape index (κ1) is 12.9. The molecule has 0 aromatic rings. The van der Waals surface area contributed by atoms with Gasteiger partial charge in [0.2, 0.25) is 0 Å². The number of ether oxygens (including phenoxy) is 1. The van der Waals surface area contributed by atoms with Gasteiger partial charge in [-0.15, -0.1) is 0 Å². The molecular weight excluding hydrogens is 182 g/mol. The monoisotopic (exact) mass is 198 g/mol.